The lowest BCUT2D eigenvalue weighted by Crippen LogP contribution is -2.35. The first-order chi connectivity index (χ1) is 12.9. The van der Waals surface area contributed by atoms with Crippen LogP contribution in [-0.2, 0) is 16.6 Å². The molecule has 0 amide bonds. The van der Waals surface area contributed by atoms with Crippen LogP contribution in [0.1, 0.15) is 44.6 Å². The number of hydrogen-bond acceptors (Lipinski definition) is 6. The van der Waals surface area contributed by atoms with Gasteiger partial charge >= 0.3 is 0 Å². The maximum Gasteiger partial charge on any atom is 0.243 e. The molecule has 1 aliphatic rings. The van der Waals surface area contributed by atoms with E-state index >= 15 is 0 Å². The van der Waals surface area contributed by atoms with Gasteiger partial charge in [0.25, 0.3) is 0 Å². The van der Waals surface area contributed by atoms with E-state index in [9.17, 15) is 8.42 Å². The summed E-state index contributed by atoms with van der Waals surface area (Å²) in [6, 6.07) is 6.82. The van der Waals surface area contributed by atoms with Crippen molar-refractivity contribution in [2.24, 2.45) is 0 Å². The number of rotatable bonds is 7. The molecule has 1 N–H and O–H groups in total. The number of sulfonamides is 1. The van der Waals surface area contributed by atoms with Gasteiger partial charge in [-0.1, -0.05) is 11.6 Å². The third-order valence-electron chi connectivity index (χ3n) is 4.40. The molecule has 2 aromatic rings. The van der Waals surface area contributed by atoms with Crippen LogP contribution in [-0.4, -0.2) is 37.1 Å². The second-order valence-electron chi connectivity index (χ2n) is 7.07. The monoisotopic (exact) mass is 393 g/mol. The number of piperidine rings is 1. The number of aromatic nitrogens is 1. The summed E-state index contributed by atoms with van der Waals surface area (Å²) in [4.78, 5) is 0.277. The van der Waals surface area contributed by atoms with Crippen molar-refractivity contribution in [1.29, 1.82) is 0 Å². The molecule has 0 aliphatic carbocycles. The van der Waals surface area contributed by atoms with Gasteiger partial charge in [-0.15, -0.1) is 0 Å². The largest absolute Gasteiger partial charge is 0.489 e. The van der Waals surface area contributed by atoms with Gasteiger partial charge in [0.1, 0.15) is 17.2 Å². The average molecular weight is 394 g/mol. The minimum atomic E-state index is -3.50. The number of hydrogen-bond donors (Lipinski definition) is 1. The molecule has 0 radical (unpaired) electrons. The summed E-state index contributed by atoms with van der Waals surface area (Å²) in [7, 11) is -3.50. The molecular weight excluding hydrogens is 366 g/mol. The van der Waals surface area contributed by atoms with Crippen LogP contribution in [0.25, 0.3) is 0 Å². The topological polar surface area (TPSA) is 84.7 Å². The molecule has 27 heavy (non-hydrogen) atoms. The summed E-state index contributed by atoms with van der Waals surface area (Å²) in [6.45, 7) is 7.27. The smallest absolute Gasteiger partial charge is 0.243 e. The standard InChI is InChI=1S/C19H27N3O4S/c1-14(2)25-19-8-7-17(27(23,24)22-9-5-4-6-10-22)12-18(19)20-13-16-11-15(3)26-21-16/h7-8,11-12,14,20H,4-6,9-10,13H2,1-3H3. The number of ether oxygens (including phenoxy) is 1. The van der Waals surface area contributed by atoms with Crippen LogP contribution in [0.3, 0.4) is 0 Å². The lowest BCUT2D eigenvalue weighted by molar-refractivity contribution is 0.243. The zero-order valence-electron chi connectivity index (χ0n) is 16.1. The highest BCUT2D eigenvalue weighted by Gasteiger charge is 2.26. The molecule has 2 heterocycles. The molecule has 1 aliphatic heterocycles. The second kappa shape index (κ2) is 8.31. The molecule has 1 aromatic heterocycles. The van der Waals surface area contributed by atoms with Crippen molar-refractivity contribution in [2.75, 3.05) is 18.4 Å². The fraction of sp³-hybridized carbons (Fsp3) is 0.526. The van der Waals surface area contributed by atoms with Gasteiger partial charge in [-0.3, -0.25) is 0 Å². The van der Waals surface area contributed by atoms with E-state index in [1.54, 1.807) is 22.5 Å². The minimum absolute atomic E-state index is 0.0237. The van der Waals surface area contributed by atoms with Crippen molar-refractivity contribution >= 4 is 15.7 Å². The Hall–Kier alpha value is -2.06. The van der Waals surface area contributed by atoms with Gasteiger partial charge in [0.15, 0.2) is 0 Å². The highest BCUT2D eigenvalue weighted by Crippen LogP contribution is 2.31. The summed E-state index contributed by atoms with van der Waals surface area (Å²) in [5.74, 6) is 1.34. The van der Waals surface area contributed by atoms with E-state index in [0.717, 1.165) is 30.7 Å². The first-order valence-electron chi connectivity index (χ1n) is 9.33. The molecule has 1 saturated heterocycles. The fourth-order valence-corrected chi connectivity index (χ4v) is 4.65. The Morgan fingerprint density at radius 1 is 1.22 bits per heavy atom. The van der Waals surface area contributed by atoms with Crippen molar-refractivity contribution in [3.63, 3.8) is 0 Å². The summed E-state index contributed by atoms with van der Waals surface area (Å²) < 4.78 is 38.4. The molecule has 0 saturated carbocycles. The molecule has 148 valence electrons. The highest BCUT2D eigenvalue weighted by molar-refractivity contribution is 7.89. The summed E-state index contributed by atoms with van der Waals surface area (Å²) in [5.41, 5.74) is 1.37. The third-order valence-corrected chi connectivity index (χ3v) is 6.30. The van der Waals surface area contributed by atoms with Crippen LogP contribution in [0.4, 0.5) is 5.69 Å². The van der Waals surface area contributed by atoms with Crippen LogP contribution in [0.2, 0.25) is 0 Å². The van der Waals surface area contributed by atoms with Crippen LogP contribution >= 0.6 is 0 Å². The van der Waals surface area contributed by atoms with Crippen molar-refractivity contribution in [2.45, 2.75) is 57.6 Å². The highest BCUT2D eigenvalue weighted by atomic mass is 32.2. The van der Waals surface area contributed by atoms with E-state index in [2.05, 4.69) is 10.5 Å². The molecule has 0 bridgehead atoms. The number of nitrogens with zero attached hydrogens (tertiary/aromatic N) is 2. The van der Waals surface area contributed by atoms with Crippen molar-refractivity contribution < 1.29 is 17.7 Å². The molecule has 0 spiro atoms. The molecule has 7 nitrogen and oxygen atoms in total. The molecule has 0 atom stereocenters. The van der Waals surface area contributed by atoms with E-state index in [4.69, 9.17) is 9.26 Å². The van der Waals surface area contributed by atoms with Crippen LogP contribution in [0, 0.1) is 6.92 Å². The Morgan fingerprint density at radius 3 is 2.59 bits per heavy atom. The van der Waals surface area contributed by atoms with Gasteiger partial charge in [0, 0.05) is 19.2 Å². The van der Waals surface area contributed by atoms with Gasteiger partial charge in [-0.25, -0.2) is 8.42 Å². The Morgan fingerprint density at radius 2 is 1.96 bits per heavy atom. The lowest BCUT2D eigenvalue weighted by Gasteiger charge is -2.26. The van der Waals surface area contributed by atoms with Crippen molar-refractivity contribution in [3.8, 4) is 5.75 Å². The predicted molar refractivity (Wildman–Crippen MR) is 103 cm³/mol. The zero-order chi connectivity index (χ0) is 19.4. The SMILES string of the molecule is Cc1cc(CNc2cc(S(=O)(=O)N3CCCCC3)ccc2OC(C)C)no1. The molecular formula is C19H27N3O4S. The number of aryl methyl sites for hydroxylation is 1. The van der Waals surface area contributed by atoms with E-state index < -0.39 is 10.0 Å². The Balaban J connectivity index is 1.87. The van der Waals surface area contributed by atoms with E-state index in [0.29, 0.717) is 31.1 Å². The Bertz CT molecular complexity index is 871. The summed E-state index contributed by atoms with van der Waals surface area (Å²) >= 11 is 0. The van der Waals surface area contributed by atoms with E-state index in [1.165, 1.54) is 0 Å². The fourth-order valence-electron chi connectivity index (χ4n) is 3.11. The normalized spacial score (nSPS) is 15.9. The maximum absolute atomic E-state index is 13.0. The second-order valence-corrected chi connectivity index (χ2v) is 9.01. The number of benzene rings is 1. The molecule has 3 rings (SSSR count). The lowest BCUT2D eigenvalue weighted by atomic mass is 10.2. The van der Waals surface area contributed by atoms with Gasteiger partial charge in [-0.2, -0.15) is 4.31 Å². The van der Waals surface area contributed by atoms with E-state index in [1.807, 2.05) is 26.8 Å². The van der Waals surface area contributed by atoms with Crippen molar-refractivity contribution in [3.05, 3.63) is 35.7 Å². The van der Waals surface area contributed by atoms with Crippen LogP contribution < -0.4 is 10.1 Å². The average Bonchev–Trinajstić information content (AvgIpc) is 3.06. The quantitative estimate of drug-likeness (QED) is 0.774. The molecule has 0 unspecified atom stereocenters. The molecule has 8 heteroatoms. The summed E-state index contributed by atoms with van der Waals surface area (Å²) in [6.07, 6.45) is 2.87. The molecule has 1 fully saturated rings. The summed E-state index contributed by atoms with van der Waals surface area (Å²) in [5, 5.41) is 7.19. The predicted octanol–water partition coefficient (Wildman–Crippen LogP) is 3.56. The van der Waals surface area contributed by atoms with Gasteiger partial charge < -0.3 is 14.6 Å². The minimum Gasteiger partial charge on any atom is -0.489 e. The molecule has 1 aromatic carbocycles. The maximum atomic E-state index is 13.0. The third kappa shape index (κ3) is 4.81. The number of nitrogens with one attached hydrogen (secondary N) is 1. The Kier molecular flexibility index (Phi) is 6.06. The van der Waals surface area contributed by atoms with Crippen LogP contribution in [0.15, 0.2) is 33.7 Å². The first kappa shape index (κ1) is 19.7. The van der Waals surface area contributed by atoms with E-state index in [-0.39, 0.29) is 11.0 Å². The Labute approximate surface area is 160 Å². The first-order valence-corrected chi connectivity index (χ1v) is 10.8. The van der Waals surface area contributed by atoms with Crippen LogP contribution in [0.5, 0.6) is 5.75 Å². The van der Waals surface area contributed by atoms with Crippen molar-refractivity contribution in [1.82, 2.24) is 9.46 Å². The van der Waals surface area contributed by atoms with Gasteiger partial charge in [0.2, 0.25) is 10.0 Å². The van der Waals surface area contributed by atoms with Gasteiger partial charge in [-0.05, 0) is 51.8 Å². The number of anilines is 1. The van der Waals surface area contributed by atoms with Gasteiger partial charge in [0.05, 0.1) is 23.2 Å². The zero-order valence-corrected chi connectivity index (χ0v) is 16.9.